The normalized spacial score (nSPS) is 12.1. The molecule has 0 bridgehead atoms. The van der Waals surface area contributed by atoms with E-state index in [2.05, 4.69) is 9.97 Å². The van der Waals surface area contributed by atoms with Gasteiger partial charge in [0.25, 0.3) is 0 Å². The van der Waals surface area contributed by atoms with Gasteiger partial charge in [-0.15, -0.1) is 0 Å². The lowest BCUT2D eigenvalue weighted by Gasteiger charge is -2.27. The minimum absolute atomic E-state index is 0.180. The van der Waals surface area contributed by atoms with E-state index in [1.807, 2.05) is 42.7 Å². The van der Waals surface area contributed by atoms with E-state index in [1.165, 1.54) is 0 Å². The van der Waals surface area contributed by atoms with E-state index in [0.29, 0.717) is 11.5 Å². The molecule has 0 spiro atoms. The number of pyridine rings is 1. The molecular weight excluding hydrogens is 266 g/mol. The molecule has 0 aliphatic rings. The third-order valence-corrected chi connectivity index (χ3v) is 3.63. The fraction of sp³-hybridized carbons (Fsp3) is 0.267. The van der Waals surface area contributed by atoms with Crippen LogP contribution in [-0.2, 0) is 10.3 Å². The van der Waals surface area contributed by atoms with Crippen LogP contribution in [0.1, 0.15) is 20.3 Å². The van der Waals surface area contributed by atoms with E-state index in [-0.39, 0.29) is 12.3 Å². The van der Waals surface area contributed by atoms with Gasteiger partial charge in [0.15, 0.2) is 0 Å². The monoisotopic (exact) mass is 283 g/mol. The highest BCUT2D eigenvalue weighted by Gasteiger charge is 2.28. The molecule has 1 aromatic carbocycles. The highest BCUT2D eigenvalue weighted by atomic mass is 16.1. The fourth-order valence-corrected chi connectivity index (χ4v) is 2.84. The highest BCUT2D eigenvalue weighted by molar-refractivity contribution is 6.03. The summed E-state index contributed by atoms with van der Waals surface area (Å²) in [4.78, 5) is 20.1. The first-order valence-electron chi connectivity index (χ1n) is 6.70. The van der Waals surface area contributed by atoms with Crippen molar-refractivity contribution in [3.63, 3.8) is 0 Å². The van der Waals surface area contributed by atoms with Gasteiger partial charge in [0.1, 0.15) is 5.52 Å². The van der Waals surface area contributed by atoms with Gasteiger partial charge in [0.05, 0.1) is 22.8 Å². The predicted octanol–water partition coefficient (Wildman–Crippen LogP) is 1.78. The number of carbonyl (C=O) groups is 1. The maximum Gasteiger partial charge on any atom is 0.219 e. The smallest absolute Gasteiger partial charge is 0.219 e. The van der Waals surface area contributed by atoms with Crippen LogP contribution in [0.25, 0.3) is 21.9 Å². The summed E-state index contributed by atoms with van der Waals surface area (Å²) in [6.45, 7) is 3.84. The van der Waals surface area contributed by atoms with Crippen molar-refractivity contribution in [1.82, 2.24) is 14.5 Å². The fourth-order valence-electron chi connectivity index (χ4n) is 2.84. The maximum absolute atomic E-state index is 11.4. The molecule has 0 atom stereocenters. The van der Waals surface area contributed by atoms with E-state index < -0.39 is 5.54 Å². The second kappa shape index (κ2) is 4.44. The van der Waals surface area contributed by atoms with Gasteiger partial charge in [-0.2, -0.15) is 0 Å². The number of hydrogen-bond acceptors (Lipinski definition) is 4. The van der Waals surface area contributed by atoms with Crippen molar-refractivity contribution in [3.8, 4) is 0 Å². The van der Waals surface area contributed by atoms with Gasteiger partial charge >= 0.3 is 0 Å². The van der Waals surface area contributed by atoms with Crippen molar-refractivity contribution in [2.24, 2.45) is 5.73 Å². The average molecular weight is 283 g/mol. The number of para-hydroxylation sites is 1. The minimum Gasteiger partial charge on any atom is -0.370 e. The molecule has 6 heteroatoms. The summed E-state index contributed by atoms with van der Waals surface area (Å²) in [5.74, 6) is -0.0194. The van der Waals surface area contributed by atoms with Gasteiger partial charge < -0.3 is 16.0 Å². The second-order valence-corrected chi connectivity index (χ2v) is 5.77. The van der Waals surface area contributed by atoms with E-state index in [0.717, 1.165) is 16.4 Å². The Labute approximate surface area is 121 Å². The number of hydrogen-bond donors (Lipinski definition) is 2. The summed E-state index contributed by atoms with van der Waals surface area (Å²) >= 11 is 0. The number of nitrogens with two attached hydrogens (primary N) is 2. The zero-order valence-corrected chi connectivity index (χ0v) is 12.0. The molecular formula is C15H17N5O. The number of nitrogen functional groups attached to an aromatic ring is 1. The Balaban J connectivity index is 2.39. The Morgan fingerprint density at radius 1 is 1.29 bits per heavy atom. The number of aromatic nitrogens is 3. The number of amides is 1. The number of carbonyl (C=O) groups excluding carboxylic acids is 1. The molecule has 0 fully saturated rings. The summed E-state index contributed by atoms with van der Waals surface area (Å²) in [7, 11) is 0. The number of fused-ring (bicyclic) bond motifs is 3. The maximum atomic E-state index is 11.4. The molecule has 3 rings (SSSR count). The van der Waals surface area contributed by atoms with Crippen LogP contribution in [0.5, 0.6) is 0 Å². The quantitative estimate of drug-likeness (QED) is 0.765. The topological polar surface area (TPSA) is 99.8 Å². The van der Waals surface area contributed by atoms with Crippen LogP contribution < -0.4 is 11.5 Å². The molecule has 0 aliphatic heterocycles. The first-order valence-corrected chi connectivity index (χ1v) is 6.70. The van der Waals surface area contributed by atoms with Crippen molar-refractivity contribution in [2.75, 3.05) is 5.73 Å². The van der Waals surface area contributed by atoms with E-state index in [4.69, 9.17) is 11.5 Å². The van der Waals surface area contributed by atoms with Crippen LogP contribution in [0.3, 0.4) is 0 Å². The molecule has 1 amide bonds. The zero-order chi connectivity index (χ0) is 15.2. The van der Waals surface area contributed by atoms with Gasteiger partial charge in [0, 0.05) is 11.8 Å². The summed E-state index contributed by atoms with van der Waals surface area (Å²) in [5.41, 5.74) is 13.3. The summed E-state index contributed by atoms with van der Waals surface area (Å²) in [6.07, 6.45) is 1.88. The lowest BCUT2D eigenvalue weighted by Crippen LogP contribution is -2.33. The summed E-state index contributed by atoms with van der Waals surface area (Å²) < 4.78 is 1.87. The van der Waals surface area contributed by atoms with Crippen LogP contribution in [-0.4, -0.2) is 20.4 Å². The van der Waals surface area contributed by atoms with Gasteiger partial charge in [0.2, 0.25) is 11.9 Å². The average Bonchev–Trinajstić information content (AvgIpc) is 2.74. The molecule has 2 aromatic heterocycles. The van der Waals surface area contributed by atoms with Crippen LogP contribution in [0.2, 0.25) is 0 Å². The van der Waals surface area contributed by atoms with Crippen molar-refractivity contribution in [3.05, 3.63) is 30.5 Å². The number of imidazole rings is 1. The van der Waals surface area contributed by atoms with E-state index in [9.17, 15) is 4.79 Å². The number of benzene rings is 1. The lowest BCUT2D eigenvalue weighted by atomic mass is 9.99. The largest absolute Gasteiger partial charge is 0.370 e. The van der Waals surface area contributed by atoms with Crippen LogP contribution >= 0.6 is 0 Å². The molecule has 6 nitrogen and oxygen atoms in total. The Morgan fingerprint density at radius 3 is 2.71 bits per heavy atom. The van der Waals surface area contributed by atoms with Crippen LogP contribution in [0.4, 0.5) is 5.95 Å². The molecule has 0 aliphatic carbocycles. The Morgan fingerprint density at radius 2 is 2.00 bits per heavy atom. The molecule has 0 unspecified atom stereocenters. The second-order valence-electron chi connectivity index (χ2n) is 5.77. The van der Waals surface area contributed by atoms with Crippen molar-refractivity contribution < 1.29 is 4.79 Å². The molecule has 108 valence electrons. The third kappa shape index (κ3) is 2.08. The number of anilines is 1. The Hall–Kier alpha value is -2.63. The zero-order valence-electron chi connectivity index (χ0n) is 12.0. The van der Waals surface area contributed by atoms with Gasteiger partial charge in [-0.3, -0.25) is 9.78 Å². The molecule has 0 saturated heterocycles. The summed E-state index contributed by atoms with van der Waals surface area (Å²) in [5, 5.41) is 0.955. The van der Waals surface area contributed by atoms with Gasteiger partial charge in [-0.1, -0.05) is 18.2 Å². The van der Waals surface area contributed by atoms with Crippen molar-refractivity contribution >= 4 is 33.8 Å². The minimum atomic E-state index is -0.561. The molecule has 4 N–H and O–H groups in total. The first kappa shape index (κ1) is 13.4. The Kier molecular flexibility index (Phi) is 2.83. The van der Waals surface area contributed by atoms with E-state index in [1.54, 1.807) is 6.20 Å². The lowest BCUT2D eigenvalue weighted by molar-refractivity contribution is -0.119. The molecule has 0 radical (unpaired) electrons. The molecule has 0 saturated carbocycles. The number of nitrogens with zero attached hydrogens (tertiary/aromatic N) is 3. The van der Waals surface area contributed by atoms with E-state index >= 15 is 0 Å². The molecule has 3 aromatic rings. The third-order valence-electron chi connectivity index (χ3n) is 3.63. The van der Waals surface area contributed by atoms with Gasteiger partial charge in [-0.25, -0.2) is 4.98 Å². The number of rotatable bonds is 3. The standard InChI is InChI=1S/C15H17N5O/c1-15(2,7-12(16)21)20-13-9-5-3-4-6-10(9)18-8-11(13)19-14(20)17/h3-6,8H,7H2,1-2H3,(H2,16,21)(H2,17,19). The van der Waals surface area contributed by atoms with Gasteiger partial charge in [-0.05, 0) is 19.9 Å². The van der Waals surface area contributed by atoms with Crippen molar-refractivity contribution in [1.29, 1.82) is 0 Å². The van der Waals surface area contributed by atoms with Crippen LogP contribution in [0.15, 0.2) is 30.5 Å². The molecule has 21 heavy (non-hydrogen) atoms. The predicted molar refractivity (Wildman–Crippen MR) is 82.6 cm³/mol. The summed E-state index contributed by atoms with van der Waals surface area (Å²) in [6, 6.07) is 7.78. The Bertz CT molecular complexity index is 850. The number of primary amides is 1. The first-order chi connectivity index (χ1) is 9.90. The SMILES string of the molecule is CC(C)(CC(N)=O)n1c(N)nc2cnc3ccccc3c21. The molecule has 2 heterocycles. The van der Waals surface area contributed by atoms with Crippen LogP contribution in [0, 0.1) is 0 Å². The highest BCUT2D eigenvalue weighted by Crippen LogP contribution is 2.32. The van der Waals surface area contributed by atoms with Crippen molar-refractivity contribution in [2.45, 2.75) is 25.8 Å².